The van der Waals surface area contributed by atoms with E-state index in [4.69, 9.17) is 14.2 Å². The van der Waals surface area contributed by atoms with Crippen LogP contribution in [0.4, 0.5) is 0 Å². The summed E-state index contributed by atoms with van der Waals surface area (Å²) in [4.78, 5) is 25.5. The van der Waals surface area contributed by atoms with Crippen LogP contribution in [0.2, 0.25) is 0 Å². The third kappa shape index (κ3) is 56.9. The Morgan fingerprint density at radius 3 is 1.03 bits per heavy atom. The highest BCUT2D eigenvalue weighted by Crippen LogP contribution is 2.15. The first-order valence-corrected chi connectivity index (χ1v) is 29.1. The molecule has 0 aromatic rings. The van der Waals surface area contributed by atoms with E-state index < -0.39 is 6.10 Å². The number of esters is 2. The molecule has 0 radical (unpaired) electrons. The number of ether oxygens (including phenoxy) is 3. The molecule has 0 aromatic carbocycles. The van der Waals surface area contributed by atoms with Crippen LogP contribution < -0.4 is 0 Å². The van der Waals surface area contributed by atoms with Gasteiger partial charge in [-0.2, -0.15) is 0 Å². The van der Waals surface area contributed by atoms with Gasteiger partial charge in [0.1, 0.15) is 6.61 Å². The topological polar surface area (TPSA) is 61.8 Å². The number of hydrogen-bond acceptors (Lipinski definition) is 5. The van der Waals surface area contributed by atoms with E-state index in [1.807, 2.05) is 0 Å². The average Bonchev–Trinajstić information content (AvgIpc) is 3.36. The largest absolute Gasteiger partial charge is 0.462 e. The van der Waals surface area contributed by atoms with E-state index in [9.17, 15) is 9.59 Å². The van der Waals surface area contributed by atoms with Crippen molar-refractivity contribution in [1.82, 2.24) is 0 Å². The van der Waals surface area contributed by atoms with Crippen molar-refractivity contribution in [3.05, 3.63) is 122 Å². The van der Waals surface area contributed by atoms with E-state index in [0.717, 1.165) is 122 Å². The normalized spacial score (nSPS) is 13.1. The van der Waals surface area contributed by atoms with Crippen molar-refractivity contribution >= 4 is 11.9 Å². The van der Waals surface area contributed by atoms with E-state index in [1.54, 1.807) is 0 Å². The summed E-state index contributed by atoms with van der Waals surface area (Å²) >= 11 is 0. The first-order valence-electron chi connectivity index (χ1n) is 29.1. The maximum atomic E-state index is 12.9. The van der Waals surface area contributed by atoms with Gasteiger partial charge in [0, 0.05) is 19.4 Å². The average molecular weight is 970 g/mol. The smallest absolute Gasteiger partial charge is 0.306 e. The molecule has 0 saturated heterocycles. The van der Waals surface area contributed by atoms with Crippen LogP contribution in [0, 0.1) is 0 Å². The second-order valence-corrected chi connectivity index (χ2v) is 18.8. The van der Waals surface area contributed by atoms with Crippen molar-refractivity contribution in [1.29, 1.82) is 0 Å². The Morgan fingerprint density at radius 1 is 0.329 bits per heavy atom. The molecule has 0 rings (SSSR count). The van der Waals surface area contributed by atoms with Crippen molar-refractivity contribution < 1.29 is 23.8 Å². The molecule has 1 atom stereocenters. The highest BCUT2D eigenvalue weighted by molar-refractivity contribution is 5.70. The molecule has 1 unspecified atom stereocenters. The first-order chi connectivity index (χ1) is 34.6. The maximum absolute atomic E-state index is 12.9. The Balaban J connectivity index is 4.41. The SMILES string of the molecule is CC/C=C\C/C=C\C/C=C\C/C=C\C/C=C\C/C=C\CCCOCC(COC(=O)CCCCCCCC/C=C\C/C=C\C/C=C\C/C=C\CC)OC(=O)CCCCCCCCCCCCCCCCC. The van der Waals surface area contributed by atoms with Crippen molar-refractivity contribution in [3.8, 4) is 0 Å². The predicted molar refractivity (Wildman–Crippen MR) is 306 cm³/mol. The zero-order valence-corrected chi connectivity index (χ0v) is 45.7. The molecule has 0 spiro atoms. The van der Waals surface area contributed by atoms with Gasteiger partial charge >= 0.3 is 11.9 Å². The van der Waals surface area contributed by atoms with Gasteiger partial charge in [0.15, 0.2) is 6.10 Å². The summed E-state index contributed by atoms with van der Waals surface area (Å²) in [7, 11) is 0. The lowest BCUT2D eigenvalue weighted by atomic mass is 10.0. The van der Waals surface area contributed by atoms with Crippen LogP contribution in [0.5, 0.6) is 0 Å². The van der Waals surface area contributed by atoms with Gasteiger partial charge in [0.25, 0.3) is 0 Å². The minimum Gasteiger partial charge on any atom is -0.462 e. The van der Waals surface area contributed by atoms with Crippen LogP contribution in [0.25, 0.3) is 0 Å². The minimum absolute atomic E-state index is 0.0495. The summed E-state index contributed by atoms with van der Waals surface area (Å²) in [5.74, 6) is -0.445. The fourth-order valence-electron chi connectivity index (χ4n) is 7.75. The van der Waals surface area contributed by atoms with Gasteiger partial charge < -0.3 is 14.2 Å². The third-order valence-corrected chi connectivity index (χ3v) is 12.0. The lowest BCUT2D eigenvalue weighted by molar-refractivity contribution is -0.163. The number of unbranched alkanes of at least 4 members (excludes halogenated alkanes) is 21. The van der Waals surface area contributed by atoms with E-state index in [2.05, 4.69) is 142 Å². The van der Waals surface area contributed by atoms with Crippen molar-refractivity contribution in [3.63, 3.8) is 0 Å². The van der Waals surface area contributed by atoms with Crippen LogP contribution in [-0.4, -0.2) is 37.9 Å². The van der Waals surface area contributed by atoms with Crippen molar-refractivity contribution in [2.75, 3.05) is 19.8 Å². The van der Waals surface area contributed by atoms with Crippen LogP contribution in [0.1, 0.15) is 252 Å². The summed E-state index contributed by atoms with van der Waals surface area (Å²) in [6.07, 6.45) is 83.7. The number of hydrogen-bond donors (Lipinski definition) is 0. The summed E-state index contributed by atoms with van der Waals surface area (Å²) in [6.45, 7) is 7.45. The Hall–Kier alpha value is -3.70. The van der Waals surface area contributed by atoms with E-state index >= 15 is 0 Å². The molecule has 0 N–H and O–H groups in total. The van der Waals surface area contributed by atoms with Gasteiger partial charge in [-0.15, -0.1) is 0 Å². The zero-order valence-electron chi connectivity index (χ0n) is 45.7. The van der Waals surface area contributed by atoms with Crippen LogP contribution in [-0.2, 0) is 23.8 Å². The Kier molecular flexibility index (Phi) is 56.5. The number of carbonyl (C=O) groups excluding carboxylic acids is 2. The van der Waals surface area contributed by atoms with Gasteiger partial charge in [-0.05, 0) is 103 Å². The Bertz CT molecular complexity index is 1420. The maximum Gasteiger partial charge on any atom is 0.306 e. The quantitative estimate of drug-likeness (QED) is 0.0345. The molecule has 398 valence electrons. The van der Waals surface area contributed by atoms with Gasteiger partial charge in [-0.1, -0.05) is 258 Å². The minimum atomic E-state index is -0.580. The van der Waals surface area contributed by atoms with E-state index in [1.165, 1.54) is 96.3 Å². The molecule has 5 heteroatoms. The fourth-order valence-corrected chi connectivity index (χ4v) is 7.75. The standard InChI is InChI=1S/C65H108O5/c1-4-7-10-13-16-19-22-25-28-30-32-34-36-39-42-45-48-51-54-57-60-68-61-63(70-65(67)59-56-53-50-47-44-41-37-27-24-21-18-15-12-9-6-3)62-69-64(66)58-55-52-49-46-43-40-38-35-33-31-29-26-23-20-17-14-11-8-5-2/h7-8,10-11,16-17,19-20,25-26,28-29,32-35,39,42,48,51,63H,4-6,9,12-15,18,21-24,27,30-31,36-38,40-41,43-47,49-50,52-62H2,1-3H3/b10-7-,11-8-,19-16-,20-17-,28-25-,29-26-,34-32-,35-33-,42-39-,51-48-. The van der Waals surface area contributed by atoms with Gasteiger partial charge in [0.2, 0.25) is 0 Å². The number of allylic oxidation sites excluding steroid dienone is 20. The van der Waals surface area contributed by atoms with Crippen LogP contribution >= 0.6 is 0 Å². The Morgan fingerprint density at radius 2 is 0.643 bits per heavy atom. The molecule has 0 amide bonds. The monoisotopic (exact) mass is 969 g/mol. The lowest BCUT2D eigenvalue weighted by Gasteiger charge is -2.18. The van der Waals surface area contributed by atoms with Crippen molar-refractivity contribution in [2.45, 2.75) is 258 Å². The molecule has 5 nitrogen and oxygen atoms in total. The second-order valence-electron chi connectivity index (χ2n) is 18.8. The highest BCUT2D eigenvalue weighted by Gasteiger charge is 2.17. The molecule has 0 aliphatic heterocycles. The summed E-state index contributed by atoms with van der Waals surface area (Å²) in [5.41, 5.74) is 0. The molecule has 0 heterocycles. The molecule has 0 fully saturated rings. The van der Waals surface area contributed by atoms with E-state index in [-0.39, 0.29) is 25.2 Å². The molecule has 0 aliphatic rings. The van der Waals surface area contributed by atoms with Gasteiger partial charge in [0.05, 0.1) is 6.61 Å². The molecular weight excluding hydrogens is 861 g/mol. The summed E-state index contributed by atoms with van der Waals surface area (Å²) in [6, 6.07) is 0. The zero-order chi connectivity index (χ0) is 50.6. The van der Waals surface area contributed by atoms with Crippen LogP contribution in [0.15, 0.2) is 122 Å². The third-order valence-electron chi connectivity index (χ3n) is 12.0. The molecule has 0 aliphatic carbocycles. The fraction of sp³-hybridized carbons (Fsp3) is 0.662. The summed E-state index contributed by atoms with van der Waals surface area (Å²) in [5, 5.41) is 0. The molecule has 0 bridgehead atoms. The predicted octanol–water partition coefficient (Wildman–Crippen LogP) is 20.1. The van der Waals surface area contributed by atoms with Gasteiger partial charge in [-0.3, -0.25) is 9.59 Å². The first kappa shape index (κ1) is 66.3. The molecule has 0 saturated carbocycles. The highest BCUT2D eigenvalue weighted by atomic mass is 16.6. The van der Waals surface area contributed by atoms with Gasteiger partial charge in [-0.25, -0.2) is 0 Å². The van der Waals surface area contributed by atoms with Crippen LogP contribution in [0.3, 0.4) is 0 Å². The molecule has 70 heavy (non-hydrogen) atoms. The number of rotatable bonds is 52. The molecule has 0 aromatic heterocycles. The number of carbonyl (C=O) groups is 2. The van der Waals surface area contributed by atoms with E-state index in [0.29, 0.717) is 19.4 Å². The van der Waals surface area contributed by atoms with Crippen molar-refractivity contribution in [2.24, 2.45) is 0 Å². The Labute approximate surface area is 433 Å². The lowest BCUT2D eigenvalue weighted by Crippen LogP contribution is -2.30. The summed E-state index contributed by atoms with van der Waals surface area (Å²) < 4.78 is 17.4. The molecular formula is C65H108O5. The second kappa shape index (κ2) is 59.6.